The number of benzene rings is 1. The molecule has 2 aromatic heterocycles. The van der Waals surface area contributed by atoms with Crippen LogP contribution in [0.3, 0.4) is 0 Å². The fraction of sp³-hybridized carbons (Fsp3) is 0.273. The Hall–Kier alpha value is -2.84. The van der Waals surface area contributed by atoms with E-state index in [1.807, 2.05) is 46.0 Å². The normalized spacial score (nSPS) is 15.4. The summed E-state index contributed by atoms with van der Waals surface area (Å²) < 4.78 is 11.0. The number of nitrogens with zero attached hydrogens (tertiary/aromatic N) is 1. The van der Waals surface area contributed by atoms with Gasteiger partial charge in [-0.1, -0.05) is 12.1 Å². The number of nitrogens with one attached hydrogen (secondary N) is 1. The van der Waals surface area contributed by atoms with Gasteiger partial charge in [-0.15, -0.1) is 22.7 Å². The summed E-state index contributed by atoms with van der Waals surface area (Å²) in [4.78, 5) is 28.9. The van der Waals surface area contributed by atoms with Gasteiger partial charge >= 0.3 is 0 Å². The molecule has 0 fully saturated rings. The Bertz CT molecular complexity index is 1030. The van der Waals surface area contributed by atoms with Gasteiger partial charge in [0.25, 0.3) is 5.91 Å². The summed E-state index contributed by atoms with van der Waals surface area (Å²) in [6.07, 6.45) is 0.710. The first-order valence-electron chi connectivity index (χ1n) is 9.51. The molecule has 0 spiro atoms. The molecule has 1 aliphatic rings. The average molecular weight is 443 g/mol. The van der Waals surface area contributed by atoms with Crippen molar-refractivity contribution in [3.05, 3.63) is 68.0 Å². The lowest BCUT2D eigenvalue weighted by Gasteiger charge is -2.37. The van der Waals surface area contributed by atoms with Gasteiger partial charge < -0.3 is 19.7 Å². The van der Waals surface area contributed by atoms with Crippen LogP contribution in [0.15, 0.2) is 47.2 Å². The molecule has 6 nitrogen and oxygen atoms in total. The minimum atomic E-state index is -0.227. The molecular formula is C22H22N2O4S2. The van der Waals surface area contributed by atoms with E-state index in [0.29, 0.717) is 29.3 Å². The molecule has 0 radical (unpaired) electrons. The molecule has 1 aromatic carbocycles. The molecule has 1 atom stereocenters. The van der Waals surface area contributed by atoms with Crippen LogP contribution in [0, 0.1) is 0 Å². The highest BCUT2D eigenvalue weighted by molar-refractivity contribution is 7.12. The molecule has 3 heterocycles. The van der Waals surface area contributed by atoms with Gasteiger partial charge in [0.2, 0.25) is 5.91 Å². The van der Waals surface area contributed by atoms with Crippen LogP contribution < -0.4 is 14.8 Å². The number of carbonyl (C=O) groups is 2. The zero-order valence-corrected chi connectivity index (χ0v) is 18.3. The Morgan fingerprint density at radius 2 is 1.83 bits per heavy atom. The van der Waals surface area contributed by atoms with Crippen LogP contribution in [0.25, 0.3) is 0 Å². The third-order valence-electron chi connectivity index (χ3n) is 5.15. The van der Waals surface area contributed by atoms with Crippen LogP contribution in [-0.4, -0.2) is 44.0 Å². The predicted molar refractivity (Wildman–Crippen MR) is 118 cm³/mol. The molecule has 4 rings (SSSR count). The number of carbonyl (C=O) groups excluding carboxylic acids is 2. The lowest BCUT2D eigenvalue weighted by atomic mass is 9.90. The zero-order chi connectivity index (χ0) is 21.1. The first-order chi connectivity index (χ1) is 14.6. The Balaban J connectivity index is 1.62. The highest BCUT2D eigenvalue weighted by atomic mass is 32.1. The van der Waals surface area contributed by atoms with Crippen LogP contribution in [-0.2, 0) is 11.2 Å². The quantitative estimate of drug-likeness (QED) is 0.632. The molecule has 1 N–H and O–H groups in total. The summed E-state index contributed by atoms with van der Waals surface area (Å²) in [5, 5.41) is 6.60. The number of rotatable bonds is 6. The summed E-state index contributed by atoms with van der Waals surface area (Å²) in [5.74, 6) is 0.982. The molecule has 2 amide bonds. The number of hydrogen-bond acceptors (Lipinski definition) is 6. The van der Waals surface area contributed by atoms with Crippen molar-refractivity contribution in [1.29, 1.82) is 0 Å². The first kappa shape index (κ1) is 20.4. The maximum Gasteiger partial charge on any atom is 0.261 e. The number of fused-ring (bicyclic) bond motifs is 1. The molecule has 30 heavy (non-hydrogen) atoms. The second-order valence-electron chi connectivity index (χ2n) is 6.82. The fourth-order valence-electron chi connectivity index (χ4n) is 3.72. The standard InChI is InChI=1S/C22H22N2O4S2/c1-27-16-11-14-7-8-24(20(25)13-23-22(26)19-6-4-10-30-19)21(18-5-3-9-29-18)15(14)12-17(16)28-2/h3-6,9-12,21H,7-8,13H2,1-2H3,(H,23,26). The van der Waals surface area contributed by atoms with Crippen LogP contribution in [0.2, 0.25) is 0 Å². The van der Waals surface area contributed by atoms with Crippen molar-refractivity contribution in [3.63, 3.8) is 0 Å². The average Bonchev–Trinajstić information content (AvgIpc) is 3.49. The largest absolute Gasteiger partial charge is 0.493 e. The van der Waals surface area contributed by atoms with Gasteiger partial charge in [0.1, 0.15) is 0 Å². The number of methoxy groups -OCH3 is 2. The molecule has 0 aliphatic carbocycles. The predicted octanol–water partition coefficient (Wildman–Crippen LogP) is 3.73. The van der Waals surface area contributed by atoms with E-state index in [0.717, 1.165) is 16.0 Å². The van der Waals surface area contributed by atoms with E-state index in [1.165, 1.54) is 11.3 Å². The van der Waals surface area contributed by atoms with E-state index in [-0.39, 0.29) is 24.4 Å². The van der Waals surface area contributed by atoms with E-state index >= 15 is 0 Å². The number of hydrogen-bond donors (Lipinski definition) is 1. The van der Waals surface area contributed by atoms with Crippen molar-refractivity contribution in [2.45, 2.75) is 12.5 Å². The van der Waals surface area contributed by atoms with Crippen LogP contribution in [0.5, 0.6) is 11.5 Å². The summed E-state index contributed by atoms with van der Waals surface area (Å²) in [6, 6.07) is 11.3. The second-order valence-corrected chi connectivity index (χ2v) is 8.75. The Morgan fingerprint density at radius 3 is 2.50 bits per heavy atom. The summed E-state index contributed by atoms with van der Waals surface area (Å²) in [5.41, 5.74) is 2.16. The molecule has 1 unspecified atom stereocenters. The molecular weight excluding hydrogens is 420 g/mol. The first-order valence-corrected chi connectivity index (χ1v) is 11.3. The number of ether oxygens (including phenoxy) is 2. The highest BCUT2D eigenvalue weighted by Crippen LogP contribution is 2.42. The monoisotopic (exact) mass is 442 g/mol. The highest BCUT2D eigenvalue weighted by Gasteiger charge is 2.34. The molecule has 0 saturated carbocycles. The molecule has 156 valence electrons. The third-order valence-corrected chi connectivity index (χ3v) is 6.95. The lowest BCUT2D eigenvalue weighted by molar-refractivity contribution is -0.132. The van der Waals surface area contributed by atoms with Crippen LogP contribution in [0.1, 0.15) is 31.7 Å². The Kier molecular flexibility index (Phi) is 6.06. The maximum absolute atomic E-state index is 13.1. The molecule has 0 saturated heterocycles. The van der Waals surface area contributed by atoms with Gasteiger partial charge in [0.15, 0.2) is 11.5 Å². The van der Waals surface area contributed by atoms with Crippen molar-refractivity contribution in [1.82, 2.24) is 10.2 Å². The van der Waals surface area contributed by atoms with Crippen molar-refractivity contribution >= 4 is 34.5 Å². The SMILES string of the molecule is COc1cc2c(cc1OC)C(c1cccs1)N(C(=O)CNC(=O)c1cccs1)CC2. The van der Waals surface area contributed by atoms with E-state index < -0.39 is 0 Å². The second kappa shape index (κ2) is 8.89. The van der Waals surface area contributed by atoms with E-state index in [2.05, 4.69) is 5.32 Å². The van der Waals surface area contributed by atoms with E-state index in [1.54, 1.807) is 31.6 Å². The molecule has 3 aromatic rings. The topological polar surface area (TPSA) is 67.9 Å². The van der Waals surface area contributed by atoms with Crippen molar-refractivity contribution in [3.8, 4) is 11.5 Å². The molecule has 1 aliphatic heterocycles. The third kappa shape index (κ3) is 3.93. The Morgan fingerprint density at radius 1 is 1.10 bits per heavy atom. The van der Waals surface area contributed by atoms with E-state index in [4.69, 9.17) is 9.47 Å². The van der Waals surface area contributed by atoms with Gasteiger partial charge in [-0.05, 0) is 52.6 Å². The van der Waals surface area contributed by atoms with Crippen molar-refractivity contribution < 1.29 is 19.1 Å². The zero-order valence-electron chi connectivity index (χ0n) is 16.7. The Labute approximate surface area is 183 Å². The fourth-order valence-corrected chi connectivity index (χ4v) is 5.22. The van der Waals surface area contributed by atoms with Crippen molar-refractivity contribution in [2.75, 3.05) is 27.3 Å². The number of amides is 2. The minimum Gasteiger partial charge on any atom is -0.493 e. The van der Waals surface area contributed by atoms with Gasteiger partial charge in [0, 0.05) is 11.4 Å². The summed E-state index contributed by atoms with van der Waals surface area (Å²) >= 11 is 2.96. The van der Waals surface area contributed by atoms with Crippen LogP contribution >= 0.6 is 22.7 Å². The number of thiophene rings is 2. The molecule has 8 heteroatoms. The van der Waals surface area contributed by atoms with Crippen LogP contribution in [0.4, 0.5) is 0 Å². The summed E-state index contributed by atoms with van der Waals surface area (Å²) in [6.45, 7) is 0.528. The van der Waals surface area contributed by atoms with Gasteiger partial charge in [0.05, 0.1) is 31.7 Å². The minimum absolute atomic E-state index is 0.0404. The van der Waals surface area contributed by atoms with Gasteiger partial charge in [-0.25, -0.2) is 0 Å². The van der Waals surface area contributed by atoms with Crippen molar-refractivity contribution in [2.24, 2.45) is 0 Å². The smallest absolute Gasteiger partial charge is 0.261 e. The molecule has 0 bridgehead atoms. The van der Waals surface area contributed by atoms with Gasteiger partial charge in [-0.2, -0.15) is 0 Å². The van der Waals surface area contributed by atoms with E-state index in [9.17, 15) is 9.59 Å². The maximum atomic E-state index is 13.1. The van der Waals surface area contributed by atoms with Gasteiger partial charge in [-0.3, -0.25) is 9.59 Å². The lowest BCUT2D eigenvalue weighted by Crippen LogP contribution is -2.45. The summed E-state index contributed by atoms with van der Waals surface area (Å²) in [7, 11) is 3.23.